The molecule has 1 unspecified atom stereocenters. The van der Waals surface area contributed by atoms with Gasteiger partial charge in [-0.2, -0.15) is 0 Å². The van der Waals surface area contributed by atoms with Gasteiger partial charge in [0, 0.05) is 25.4 Å². The second-order valence-electron chi connectivity index (χ2n) is 6.26. The van der Waals surface area contributed by atoms with Gasteiger partial charge in [0.05, 0.1) is 17.5 Å². The molecule has 0 aromatic heterocycles. The first-order valence-electron chi connectivity index (χ1n) is 8.19. The number of nitrogens with one attached hydrogen (secondary N) is 1. The number of anilines is 2. The molecule has 0 radical (unpaired) electrons. The average molecular weight is 342 g/mol. The molecule has 128 valence electrons. The maximum absolute atomic E-state index is 13.8. The molecular weight excluding hydrogens is 319 g/mol. The van der Waals surface area contributed by atoms with Gasteiger partial charge in [-0.3, -0.25) is 4.72 Å². The van der Waals surface area contributed by atoms with E-state index in [1.54, 1.807) is 6.07 Å². The lowest BCUT2D eigenvalue weighted by molar-refractivity contribution is 0.0306. The number of nitrogens with zero attached hydrogens (tertiary/aromatic N) is 1. The van der Waals surface area contributed by atoms with Gasteiger partial charge in [0.2, 0.25) is 10.0 Å². The monoisotopic (exact) mass is 342 g/mol. The highest BCUT2D eigenvalue weighted by atomic mass is 32.2. The van der Waals surface area contributed by atoms with Crippen molar-refractivity contribution in [3.8, 4) is 0 Å². The molecule has 2 saturated heterocycles. The van der Waals surface area contributed by atoms with E-state index in [1.807, 2.05) is 0 Å². The molecule has 0 saturated carbocycles. The van der Waals surface area contributed by atoms with Crippen LogP contribution in [-0.2, 0) is 14.8 Å². The molecule has 1 aromatic rings. The molecule has 0 spiro atoms. The third-order valence-corrected chi connectivity index (χ3v) is 5.66. The second-order valence-corrected chi connectivity index (χ2v) is 8.03. The van der Waals surface area contributed by atoms with Gasteiger partial charge in [-0.05, 0) is 50.3 Å². The van der Waals surface area contributed by atoms with Gasteiger partial charge in [0.1, 0.15) is 5.82 Å². The Bertz CT molecular complexity index is 639. The first kappa shape index (κ1) is 16.5. The van der Waals surface area contributed by atoms with Crippen molar-refractivity contribution in [1.82, 2.24) is 0 Å². The Kier molecular flexibility index (Phi) is 5.06. The number of rotatable bonds is 5. The lowest BCUT2D eigenvalue weighted by atomic mass is 10.1. The van der Waals surface area contributed by atoms with Gasteiger partial charge in [-0.1, -0.05) is 0 Å². The Labute approximate surface area is 136 Å². The molecule has 3 rings (SSSR count). The van der Waals surface area contributed by atoms with Gasteiger partial charge in [-0.25, -0.2) is 12.8 Å². The van der Waals surface area contributed by atoms with Crippen LogP contribution in [0.1, 0.15) is 32.1 Å². The largest absolute Gasteiger partial charge is 0.377 e. The van der Waals surface area contributed by atoms with Gasteiger partial charge in [0.25, 0.3) is 0 Å². The van der Waals surface area contributed by atoms with E-state index in [9.17, 15) is 12.8 Å². The molecule has 0 bridgehead atoms. The normalized spacial score (nSPS) is 22.3. The zero-order valence-electron chi connectivity index (χ0n) is 13.1. The maximum atomic E-state index is 13.8. The van der Waals surface area contributed by atoms with Crippen LogP contribution in [0.15, 0.2) is 18.2 Å². The smallest absolute Gasteiger partial charge is 0.235 e. The highest BCUT2D eigenvalue weighted by molar-refractivity contribution is 7.92. The van der Waals surface area contributed by atoms with Crippen LogP contribution >= 0.6 is 0 Å². The van der Waals surface area contributed by atoms with Crippen LogP contribution in [-0.4, -0.2) is 40.0 Å². The summed E-state index contributed by atoms with van der Waals surface area (Å²) >= 11 is 0. The number of ether oxygens (including phenoxy) is 1. The third kappa shape index (κ3) is 4.57. The molecule has 1 atom stereocenters. The minimum Gasteiger partial charge on any atom is -0.377 e. The zero-order valence-corrected chi connectivity index (χ0v) is 13.9. The van der Waals surface area contributed by atoms with Crippen molar-refractivity contribution < 1.29 is 17.5 Å². The van der Waals surface area contributed by atoms with Gasteiger partial charge in [-0.15, -0.1) is 0 Å². The summed E-state index contributed by atoms with van der Waals surface area (Å²) in [5, 5.41) is 0. The summed E-state index contributed by atoms with van der Waals surface area (Å²) < 4.78 is 46.4. The molecule has 1 aromatic carbocycles. The third-order valence-electron chi connectivity index (χ3n) is 4.31. The van der Waals surface area contributed by atoms with Crippen LogP contribution in [0.25, 0.3) is 0 Å². The Morgan fingerprint density at radius 1 is 1.17 bits per heavy atom. The van der Waals surface area contributed by atoms with Crippen molar-refractivity contribution in [2.24, 2.45) is 0 Å². The molecule has 2 fully saturated rings. The van der Waals surface area contributed by atoms with Gasteiger partial charge < -0.3 is 9.64 Å². The van der Waals surface area contributed by atoms with Gasteiger partial charge in [0.15, 0.2) is 0 Å². The first-order chi connectivity index (χ1) is 11.0. The minimum atomic E-state index is -3.55. The highest BCUT2D eigenvalue weighted by Gasteiger charge is 2.23. The van der Waals surface area contributed by atoms with Crippen molar-refractivity contribution in [3.05, 3.63) is 24.0 Å². The van der Waals surface area contributed by atoms with E-state index in [0.29, 0.717) is 6.61 Å². The van der Waals surface area contributed by atoms with E-state index in [-0.39, 0.29) is 17.5 Å². The van der Waals surface area contributed by atoms with Crippen LogP contribution in [0.5, 0.6) is 0 Å². The Morgan fingerprint density at radius 3 is 2.65 bits per heavy atom. The highest BCUT2D eigenvalue weighted by Crippen LogP contribution is 2.26. The fourth-order valence-electron chi connectivity index (χ4n) is 3.20. The molecule has 2 heterocycles. The standard InChI is InChI=1S/C16H23FN2O3S/c17-13-9-14(11-15(10-13)19-6-2-3-7-19)18-23(20,21)12-16-5-1-4-8-22-16/h9-11,16,18H,1-8,12H2. The van der Waals surface area contributed by atoms with Crippen molar-refractivity contribution in [3.63, 3.8) is 0 Å². The molecule has 1 N–H and O–H groups in total. The molecule has 23 heavy (non-hydrogen) atoms. The summed E-state index contributed by atoms with van der Waals surface area (Å²) in [7, 11) is -3.55. The van der Waals surface area contributed by atoms with Crippen LogP contribution < -0.4 is 9.62 Å². The predicted molar refractivity (Wildman–Crippen MR) is 88.8 cm³/mol. The fraction of sp³-hybridized carbons (Fsp3) is 0.625. The molecule has 2 aliphatic heterocycles. The molecule has 5 nitrogen and oxygen atoms in total. The number of benzene rings is 1. The second kappa shape index (κ2) is 7.05. The van der Waals surface area contributed by atoms with Gasteiger partial charge >= 0.3 is 0 Å². The molecule has 7 heteroatoms. The van der Waals surface area contributed by atoms with E-state index in [4.69, 9.17) is 4.74 Å². The number of halogens is 1. The molecule has 0 aliphatic carbocycles. The predicted octanol–water partition coefficient (Wildman–Crippen LogP) is 2.74. The van der Waals surface area contributed by atoms with Crippen LogP contribution in [0.3, 0.4) is 0 Å². The number of sulfonamides is 1. The summed E-state index contributed by atoms with van der Waals surface area (Å²) in [4.78, 5) is 2.07. The first-order valence-corrected chi connectivity index (χ1v) is 9.85. The van der Waals surface area contributed by atoms with E-state index >= 15 is 0 Å². The lowest BCUT2D eigenvalue weighted by Crippen LogP contribution is -2.31. The van der Waals surface area contributed by atoms with Crippen LogP contribution in [0.4, 0.5) is 15.8 Å². The fourth-order valence-corrected chi connectivity index (χ4v) is 4.51. The summed E-state index contributed by atoms with van der Waals surface area (Å²) in [5.74, 6) is -0.510. The Balaban J connectivity index is 1.70. The van der Waals surface area contributed by atoms with Crippen molar-refractivity contribution in [2.45, 2.75) is 38.2 Å². The molecule has 2 aliphatic rings. The number of hydrogen-bond donors (Lipinski definition) is 1. The van der Waals surface area contributed by atoms with E-state index in [2.05, 4.69) is 9.62 Å². The lowest BCUT2D eigenvalue weighted by Gasteiger charge is -2.23. The van der Waals surface area contributed by atoms with Crippen molar-refractivity contribution in [2.75, 3.05) is 35.1 Å². The molecule has 0 amide bonds. The quantitative estimate of drug-likeness (QED) is 0.894. The van der Waals surface area contributed by atoms with E-state index < -0.39 is 15.8 Å². The van der Waals surface area contributed by atoms with E-state index in [1.165, 1.54) is 12.1 Å². The zero-order chi connectivity index (χ0) is 16.3. The van der Waals surface area contributed by atoms with Crippen LogP contribution in [0.2, 0.25) is 0 Å². The Hall–Kier alpha value is -1.34. The van der Waals surface area contributed by atoms with Crippen LogP contribution in [0, 0.1) is 5.82 Å². The average Bonchev–Trinajstić information content (AvgIpc) is 3.00. The summed E-state index contributed by atoms with van der Waals surface area (Å²) in [6, 6.07) is 4.37. The van der Waals surface area contributed by atoms with Crippen molar-refractivity contribution in [1.29, 1.82) is 0 Å². The Morgan fingerprint density at radius 2 is 1.96 bits per heavy atom. The summed E-state index contributed by atoms with van der Waals surface area (Å²) in [5.41, 5.74) is 1.01. The SMILES string of the molecule is O=S(=O)(CC1CCCCO1)Nc1cc(F)cc(N2CCCC2)c1. The minimum absolute atomic E-state index is 0.0808. The topological polar surface area (TPSA) is 58.6 Å². The summed E-state index contributed by atoms with van der Waals surface area (Å²) in [6.45, 7) is 2.37. The van der Waals surface area contributed by atoms with Crippen molar-refractivity contribution >= 4 is 21.4 Å². The summed E-state index contributed by atoms with van der Waals surface area (Å²) in [6.07, 6.45) is 4.61. The number of hydrogen-bond acceptors (Lipinski definition) is 4. The maximum Gasteiger partial charge on any atom is 0.235 e. The molecular formula is C16H23FN2O3S. The van der Waals surface area contributed by atoms with E-state index in [0.717, 1.165) is 50.9 Å².